The van der Waals surface area contributed by atoms with E-state index in [0.717, 1.165) is 62.7 Å². The molecule has 2 fully saturated rings. The molecule has 37 heavy (non-hydrogen) atoms. The Bertz CT molecular complexity index is 804. The third kappa shape index (κ3) is 9.10. The molecule has 4 atom stereocenters. The summed E-state index contributed by atoms with van der Waals surface area (Å²) in [5.41, 5.74) is 13.7. The SMILES string of the molecule is CCCCCCCCCC1CC2CCC3=C(C(=O)OCCCCN=C(N)N)C(CCCCC)=NC(N1)[NH+]32. The lowest BCUT2D eigenvalue weighted by Crippen LogP contribution is -3.19. The minimum absolute atomic E-state index is 0.0542. The number of esters is 1. The zero-order chi connectivity index (χ0) is 26.5. The molecule has 8 nitrogen and oxygen atoms in total. The van der Waals surface area contributed by atoms with Crippen molar-refractivity contribution in [2.75, 3.05) is 13.2 Å². The van der Waals surface area contributed by atoms with Gasteiger partial charge in [0.2, 0.25) is 6.29 Å². The minimum atomic E-state index is -0.191. The molecule has 6 N–H and O–H groups in total. The Morgan fingerprint density at radius 2 is 1.76 bits per heavy atom. The highest BCUT2D eigenvalue weighted by Crippen LogP contribution is 2.28. The van der Waals surface area contributed by atoms with Crippen molar-refractivity contribution in [3.63, 3.8) is 0 Å². The van der Waals surface area contributed by atoms with Crippen LogP contribution in [0.15, 0.2) is 21.3 Å². The van der Waals surface area contributed by atoms with Gasteiger partial charge in [-0.2, -0.15) is 0 Å². The van der Waals surface area contributed by atoms with E-state index in [9.17, 15) is 4.79 Å². The molecule has 0 aromatic heterocycles. The van der Waals surface area contributed by atoms with Crippen molar-refractivity contribution in [2.45, 2.75) is 141 Å². The number of guanidine groups is 1. The number of allylic oxidation sites excluding steroid dienone is 1. The van der Waals surface area contributed by atoms with Crippen molar-refractivity contribution in [2.24, 2.45) is 21.5 Å². The first-order valence-electron chi connectivity index (χ1n) is 15.2. The Labute approximate surface area is 224 Å². The van der Waals surface area contributed by atoms with E-state index < -0.39 is 0 Å². The van der Waals surface area contributed by atoms with Crippen molar-refractivity contribution < 1.29 is 14.4 Å². The summed E-state index contributed by atoms with van der Waals surface area (Å²) in [5.74, 6) is -0.0870. The maximum Gasteiger partial charge on any atom is 0.345 e. The molecule has 0 saturated carbocycles. The molecule has 0 bridgehead atoms. The van der Waals surface area contributed by atoms with Crippen LogP contribution in [0.3, 0.4) is 0 Å². The van der Waals surface area contributed by atoms with E-state index in [1.807, 2.05) is 0 Å². The molecule has 3 aliphatic heterocycles. The van der Waals surface area contributed by atoms with Crippen molar-refractivity contribution in [3.8, 4) is 0 Å². The third-order valence-corrected chi connectivity index (χ3v) is 8.12. The highest BCUT2D eigenvalue weighted by atomic mass is 16.5. The number of carbonyl (C=O) groups is 1. The smallest absolute Gasteiger partial charge is 0.345 e. The van der Waals surface area contributed by atoms with Crippen LogP contribution in [0.25, 0.3) is 0 Å². The molecule has 0 aromatic rings. The molecule has 0 spiro atoms. The van der Waals surface area contributed by atoms with Crippen molar-refractivity contribution in [1.29, 1.82) is 0 Å². The molecule has 3 aliphatic rings. The Morgan fingerprint density at radius 3 is 2.51 bits per heavy atom. The summed E-state index contributed by atoms with van der Waals surface area (Å²) in [6, 6.07) is 1.09. The van der Waals surface area contributed by atoms with Gasteiger partial charge in [0, 0.05) is 31.8 Å². The standard InChI is InChI=1S/C29H52N6O2/c1-3-5-7-8-9-10-12-15-22-21-23-17-18-25-26(27(36)37-20-14-13-19-32-28(30)31)24(16-11-6-4-2)34-29(33-22)35(23)25/h22-23,29,33H,3-21H2,1-2H3,(H4,30,31,32)/p+1. The Morgan fingerprint density at radius 1 is 1.03 bits per heavy atom. The van der Waals surface area contributed by atoms with Crippen LogP contribution >= 0.6 is 0 Å². The molecule has 2 saturated heterocycles. The second-order valence-corrected chi connectivity index (χ2v) is 11.1. The normalized spacial score (nSPS) is 24.5. The molecule has 3 rings (SSSR count). The number of hydrogen-bond acceptors (Lipinski definition) is 5. The van der Waals surface area contributed by atoms with Gasteiger partial charge in [0.25, 0.3) is 0 Å². The van der Waals surface area contributed by atoms with E-state index in [0.29, 0.717) is 25.2 Å². The number of nitrogens with one attached hydrogen (secondary N) is 2. The Kier molecular flexibility index (Phi) is 12.9. The Balaban J connectivity index is 1.58. The van der Waals surface area contributed by atoms with Gasteiger partial charge < -0.3 is 16.2 Å². The fraction of sp³-hybridized carbons (Fsp3) is 0.828. The molecule has 0 aliphatic carbocycles. The van der Waals surface area contributed by atoms with E-state index in [4.69, 9.17) is 21.2 Å². The van der Waals surface area contributed by atoms with Crippen LogP contribution in [0.2, 0.25) is 0 Å². The number of carbonyl (C=O) groups excluding carboxylic acids is 1. The number of hydrogen-bond donors (Lipinski definition) is 4. The first-order chi connectivity index (χ1) is 18.0. The molecule has 0 aromatic carbocycles. The highest BCUT2D eigenvalue weighted by molar-refractivity contribution is 6.20. The second kappa shape index (κ2) is 16.1. The van der Waals surface area contributed by atoms with E-state index in [1.54, 1.807) is 0 Å². The van der Waals surface area contributed by atoms with Crippen LogP contribution in [-0.4, -0.2) is 49.2 Å². The van der Waals surface area contributed by atoms with Crippen LogP contribution < -0.4 is 21.7 Å². The van der Waals surface area contributed by atoms with E-state index in [1.165, 1.54) is 68.4 Å². The maximum atomic E-state index is 13.3. The van der Waals surface area contributed by atoms with Gasteiger partial charge in [0.1, 0.15) is 11.3 Å². The average Bonchev–Trinajstić information content (AvgIpc) is 3.30. The maximum absolute atomic E-state index is 13.3. The number of nitrogens with two attached hydrogens (primary N) is 2. The predicted molar refractivity (Wildman–Crippen MR) is 151 cm³/mol. The number of nitrogens with zero attached hydrogens (tertiary/aromatic N) is 2. The van der Waals surface area contributed by atoms with E-state index in [2.05, 4.69) is 24.2 Å². The van der Waals surface area contributed by atoms with Crippen molar-refractivity contribution in [3.05, 3.63) is 11.3 Å². The largest absolute Gasteiger partial charge is 0.462 e. The summed E-state index contributed by atoms with van der Waals surface area (Å²) in [4.78, 5) is 23.9. The molecule has 0 amide bonds. The second-order valence-electron chi connectivity index (χ2n) is 11.1. The number of quaternary nitrogens is 1. The van der Waals surface area contributed by atoms with Gasteiger partial charge in [-0.1, -0.05) is 71.6 Å². The van der Waals surface area contributed by atoms with Gasteiger partial charge in [-0.25, -0.2) is 15.1 Å². The van der Waals surface area contributed by atoms with Gasteiger partial charge in [-0.3, -0.25) is 9.89 Å². The fourth-order valence-electron chi connectivity index (χ4n) is 6.17. The molecule has 0 radical (unpaired) electrons. The molecule has 210 valence electrons. The molecule has 3 heterocycles. The van der Waals surface area contributed by atoms with Crippen LogP contribution in [-0.2, 0) is 9.53 Å². The minimum Gasteiger partial charge on any atom is -0.462 e. The van der Waals surface area contributed by atoms with Crippen LogP contribution in [0.1, 0.15) is 123 Å². The fourth-order valence-corrected chi connectivity index (χ4v) is 6.17. The molecule has 4 unspecified atom stereocenters. The first-order valence-corrected chi connectivity index (χ1v) is 15.2. The zero-order valence-corrected chi connectivity index (χ0v) is 23.5. The van der Waals surface area contributed by atoms with Gasteiger partial charge in [-0.15, -0.1) is 0 Å². The van der Waals surface area contributed by atoms with Gasteiger partial charge in [0.15, 0.2) is 5.96 Å². The quantitative estimate of drug-likeness (QED) is 0.0956. The van der Waals surface area contributed by atoms with Gasteiger partial charge in [-0.05, 0) is 32.1 Å². The summed E-state index contributed by atoms with van der Waals surface area (Å²) in [7, 11) is 0. The molecule has 8 heteroatoms. The summed E-state index contributed by atoms with van der Waals surface area (Å²) < 4.78 is 5.75. The lowest BCUT2D eigenvalue weighted by atomic mass is 9.96. The number of ether oxygens (including phenoxy) is 1. The zero-order valence-electron chi connectivity index (χ0n) is 23.5. The average molecular weight is 518 g/mol. The van der Waals surface area contributed by atoms with Gasteiger partial charge >= 0.3 is 5.97 Å². The molecular formula is C29H53N6O2+. The lowest BCUT2D eigenvalue weighted by molar-refractivity contribution is -0.913. The third-order valence-electron chi connectivity index (χ3n) is 8.12. The van der Waals surface area contributed by atoms with E-state index in [-0.39, 0.29) is 18.2 Å². The van der Waals surface area contributed by atoms with Gasteiger partial charge in [0.05, 0.1) is 18.4 Å². The highest BCUT2D eigenvalue weighted by Gasteiger charge is 2.50. The molecular weight excluding hydrogens is 464 g/mol. The van der Waals surface area contributed by atoms with Crippen molar-refractivity contribution >= 4 is 17.6 Å². The summed E-state index contributed by atoms with van der Waals surface area (Å²) in [5, 5.41) is 3.88. The summed E-state index contributed by atoms with van der Waals surface area (Å²) >= 11 is 0. The van der Waals surface area contributed by atoms with Crippen molar-refractivity contribution in [1.82, 2.24) is 5.32 Å². The summed E-state index contributed by atoms with van der Waals surface area (Å²) in [6.45, 7) is 5.43. The lowest BCUT2D eigenvalue weighted by Gasteiger charge is -2.40. The topological polar surface area (TPSA) is 120 Å². The van der Waals surface area contributed by atoms with Crippen LogP contribution in [0.5, 0.6) is 0 Å². The number of unbranched alkanes of at least 4 members (excludes halogenated alkanes) is 9. The van der Waals surface area contributed by atoms with E-state index >= 15 is 0 Å². The monoisotopic (exact) mass is 517 g/mol. The number of rotatable bonds is 18. The predicted octanol–water partition coefficient (Wildman–Crippen LogP) is 3.71. The number of aliphatic imine (C=N–C) groups is 2. The van der Waals surface area contributed by atoms with Crippen LogP contribution in [0.4, 0.5) is 0 Å². The first kappa shape index (κ1) is 29.6. The Hall–Kier alpha value is -1.93. The van der Waals surface area contributed by atoms with Crippen LogP contribution in [0, 0.1) is 0 Å². The summed E-state index contributed by atoms with van der Waals surface area (Å²) in [6.07, 6.45) is 19.8.